The fourth-order valence-electron chi connectivity index (χ4n) is 3.20. The van der Waals surface area contributed by atoms with Gasteiger partial charge in [0.05, 0.1) is 5.92 Å². The van der Waals surface area contributed by atoms with E-state index in [4.69, 9.17) is 0 Å². The van der Waals surface area contributed by atoms with Gasteiger partial charge in [0.1, 0.15) is 0 Å². The quantitative estimate of drug-likeness (QED) is 0.939. The number of piperidine rings is 1. The van der Waals surface area contributed by atoms with Crippen molar-refractivity contribution in [2.45, 2.75) is 19.8 Å². The van der Waals surface area contributed by atoms with Crippen LogP contribution in [-0.4, -0.2) is 35.0 Å². The molecule has 0 aromatic heterocycles. The molecule has 1 unspecified atom stereocenters. The van der Waals surface area contributed by atoms with Crippen LogP contribution >= 0.6 is 0 Å². The van der Waals surface area contributed by atoms with Gasteiger partial charge in [0, 0.05) is 18.7 Å². The van der Waals surface area contributed by atoms with E-state index in [0.29, 0.717) is 25.1 Å². The van der Waals surface area contributed by atoms with Crippen LogP contribution in [0.4, 0.5) is 0 Å². The third-order valence-electron chi connectivity index (χ3n) is 4.52. The monoisotopic (exact) mass is 323 g/mol. The van der Waals surface area contributed by atoms with Crippen molar-refractivity contribution >= 4 is 11.9 Å². The fourth-order valence-corrected chi connectivity index (χ4v) is 3.20. The number of hydrogen-bond donors (Lipinski definition) is 1. The van der Waals surface area contributed by atoms with Gasteiger partial charge in [0.25, 0.3) is 5.91 Å². The molecule has 1 fully saturated rings. The zero-order valence-electron chi connectivity index (χ0n) is 13.7. The smallest absolute Gasteiger partial charge is 0.308 e. The molecule has 0 radical (unpaired) electrons. The average Bonchev–Trinajstić information content (AvgIpc) is 2.61. The largest absolute Gasteiger partial charge is 0.481 e. The molecule has 1 heterocycles. The highest BCUT2D eigenvalue weighted by Gasteiger charge is 2.28. The van der Waals surface area contributed by atoms with E-state index in [9.17, 15) is 14.7 Å². The highest BCUT2D eigenvalue weighted by atomic mass is 16.4. The van der Waals surface area contributed by atoms with Gasteiger partial charge in [-0.2, -0.15) is 0 Å². The summed E-state index contributed by atoms with van der Waals surface area (Å²) in [5.74, 6) is -1.36. The molecule has 3 rings (SSSR count). The number of carboxylic acid groups (broad SMARTS) is 1. The second kappa shape index (κ2) is 6.87. The highest BCUT2D eigenvalue weighted by Crippen LogP contribution is 2.24. The van der Waals surface area contributed by atoms with Crippen molar-refractivity contribution in [1.82, 2.24) is 4.90 Å². The van der Waals surface area contributed by atoms with Crippen molar-refractivity contribution in [1.29, 1.82) is 0 Å². The van der Waals surface area contributed by atoms with E-state index in [1.54, 1.807) is 11.0 Å². The van der Waals surface area contributed by atoms with Crippen molar-refractivity contribution < 1.29 is 14.7 Å². The van der Waals surface area contributed by atoms with Crippen LogP contribution in [0.5, 0.6) is 0 Å². The van der Waals surface area contributed by atoms with Crippen LogP contribution in [0.15, 0.2) is 48.5 Å². The van der Waals surface area contributed by atoms with Gasteiger partial charge in [-0.15, -0.1) is 0 Å². The Morgan fingerprint density at radius 1 is 1.08 bits per heavy atom. The fraction of sp³-hybridized carbons (Fsp3) is 0.300. The van der Waals surface area contributed by atoms with Crippen LogP contribution in [-0.2, 0) is 4.79 Å². The predicted molar refractivity (Wildman–Crippen MR) is 92.9 cm³/mol. The Morgan fingerprint density at radius 2 is 1.79 bits per heavy atom. The van der Waals surface area contributed by atoms with Gasteiger partial charge in [0.15, 0.2) is 0 Å². The Kier molecular flexibility index (Phi) is 4.65. The van der Waals surface area contributed by atoms with Crippen molar-refractivity contribution in [2.75, 3.05) is 13.1 Å². The van der Waals surface area contributed by atoms with Gasteiger partial charge in [-0.1, -0.05) is 42.0 Å². The number of benzene rings is 2. The van der Waals surface area contributed by atoms with Gasteiger partial charge in [-0.05, 0) is 43.0 Å². The number of amides is 1. The molecule has 1 atom stereocenters. The lowest BCUT2D eigenvalue weighted by Crippen LogP contribution is -2.42. The minimum absolute atomic E-state index is 0.0875. The molecule has 1 aliphatic rings. The SMILES string of the molecule is Cc1cccc(-c2cccc(C(=O)N3CCCC(C(=O)O)C3)c2)c1. The van der Waals surface area contributed by atoms with Crippen LogP contribution in [0.25, 0.3) is 11.1 Å². The molecule has 1 amide bonds. The third kappa shape index (κ3) is 3.48. The van der Waals surface area contributed by atoms with E-state index in [1.807, 2.05) is 43.3 Å². The van der Waals surface area contributed by atoms with Crippen LogP contribution in [0.2, 0.25) is 0 Å². The molecule has 4 nitrogen and oxygen atoms in total. The molecule has 24 heavy (non-hydrogen) atoms. The van der Waals surface area contributed by atoms with Crippen molar-refractivity contribution in [2.24, 2.45) is 5.92 Å². The molecule has 1 saturated heterocycles. The van der Waals surface area contributed by atoms with E-state index in [1.165, 1.54) is 5.56 Å². The first-order chi connectivity index (χ1) is 11.5. The predicted octanol–water partition coefficient (Wildman–Crippen LogP) is 3.60. The molecule has 2 aromatic carbocycles. The van der Waals surface area contributed by atoms with E-state index in [-0.39, 0.29) is 5.91 Å². The Balaban J connectivity index is 1.83. The molecule has 1 aliphatic heterocycles. The molecule has 0 saturated carbocycles. The van der Waals surface area contributed by atoms with Crippen molar-refractivity contribution in [3.05, 3.63) is 59.7 Å². The maximum atomic E-state index is 12.8. The minimum Gasteiger partial charge on any atom is -0.481 e. The lowest BCUT2D eigenvalue weighted by molar-refractivity contribution is -0.143. The zero-order valence-corrected chi connectivity index (χ0v) is 13.7. The van der Waals surface area contributed by atoms with E-state index >= 15 is 0 Å². The van der Waals surface area contributed by atoms with Crippen LogP contribution in [0.3, 0.4) is 0 Å². The van der Waals surface area contributed by atoms with Crippen LogP contribution in [0, 0.1) is 12.8 Å². The normalized spacial score (nSPS) is 17.5. The van der Waals surface area contributed by atoms with Crippen molar-refractivity contribution in [3.8, 4) is 11.1 Å². The van der Waals surface area contributed by atoms with Gasteiger partial charge in [-0.25, -0.2) is 0 Å². The molecule has 0 bridgehead atoms. The summed E-state index contributed by atoms with van der Waals surface area (Å²) in [5.41, 5.74) is 3.85. The summed E-state index contributed by atoms with van der Waals surface area (Å²) in [5, 5.41) is 9.19. The van der Waals surface area contributed by atoms with Gasteiger partial charge >= 0.3 is 5.97 Å². The first-order valence-electron chi connectivity index (χ1n) is 8.24. The summed E-state index contributed by atoms with van der Waals surface area (Å²) >= 11 is 0. The molecule has 0 spiro atoms. The number of hydrogen-bond acceptors (Lipinski definition) is 2. The van der Waals surface area contributed by atoms with Crippen LogP contribution < -0.4 is 0 Å². The molecule has 1 N–H and O–H groups in total. The number of carbonyl (C=O) groups is 2. The number of likely N-dealkylation sites (tertiary alicyclic amines) is 1. The zero-order chi connectivity index (χ0) is 17.1. The molecular weight excluding hydrogens is 302 g/mol. The number of aryl methyl sites for hydroxylation is 1. The molecular formula is C20H21NO3. The number of aliphatic carboxylic acids is 1. The minimum atomic E-state index is -0.819. The summed E-state index contributed by atoms with van der Waals surface area (Å²) in [6.07, 6.45) is 1.38. The third-order valence-corrected chi connectivity index (χ3v) is 4.52. The van der Waals surface area contributed by atoms with Gasteiger partial charge in [0.2, 0.25) is 0 Å². The molecule has 0 aliphatic carbocycles. The summed E-state index contributed by atoms with van der Waals surface area (Å²) < 4.78 is 0. The first kappa shape index (κ1) is 16.2. The summed E-state index contributed by atoms with van der Waals surface area (Å²) in [6, 6.07) is 15.7. The van der Waals surface area contributed by atoms with Crippen LogP contribution in [0.1, 0.15) is 28.8 Å². The second-order valence-corrected chi connectivity index (χ2v) is 6.38. The highest BCUT2D eigenvalue weighted by molar-refractivity contribution is 5.95. The molecule has 124 valence electrons. The lowest BCUT2D eigenvalue weighted by Gasteiger charge is -2.30. The lowest BCUT2D eigenvalue weighted by atomic mass is 9.97. The Labute approximate surface area is 141 Å². The summed E-state index contributed by atoms with van der Waals surface area (Å²) in [7, 11) is 0. The maximum absolute atomic E-state index is 12.8. The van der Waals surface area contributed by atoms with E-state index in [0.717, 1.165) is 17.5 Å². The Hall–Kier alpha value is -2.62. The van der Waals surface area contributed by atoms with E-state index in [2.05, 4.69) is 6.07 Å². The van der Waals surface area contributed by atoms with Crippen molar-refractivity contribution in [3.63, 3.8) is 0 Å². The number of carboxylic acids is 1. The maximum Gasteiger partial charge on any atom is 0.308 e. The average molecular weight is 323 g/mol. The number of carbonyl (C=O) groups excluding carboxylic acids is 1. The Bertz CT molecular complexity index is 769. The first-order valence-corrected chi connectivity index (χ1v) is 8.24. The van der Waals surface area contributed by atoms with E-state index < -0.39 is 11.9 Å². The molecule has 4 heteroatoms. The van der Waals surface area contributed by atoms with Gasteiger partial charge < -0.3 is 10.0 Å². The number of rotatable bonds is 3. The summed E-state index contributed by atoms with van der Waals surface area (Å²) in [4.78, 5) is 25.6. The number of nitrogens with zero attached hydrogens (tertiary/aromatic N) is 1. The standard InChI is InChI=1S/C20H21NO3/c1-14-5-2-6-15(11-14)16-7-3-8-17(12-16)19(22)21-10-4-9-18(13-21)20(23)24/h2-3,5-8,11-12,18H,4,9-10,13H2,1H3,(H,23,24). The topological polar surface area (TPSA) is 57.6 Å². The van der Waals surface area contributed by atoms with Gasteiger partial charge in [-0.3, -0.25) is 9.59 Å². The summed E-state index contributed by atoms with van der Waals surface area (Å²) in [6.45, 7) is 2.96. The molecule has 2 aromatic rings. The second-order valence-electron chi connectivity index (χ2n) is 6.38. The Morgan fingerprint density at radius 3 is 2.50 bits per heavy atom.